The Morgan fingerprint density at radius 2 is 1.80 bits per heavy atom. The summed E-state index contributed by atoms with van der Waals surface area (Å²) >= 11 is 1.18. The van der Waals surface area contributed by atoms with Crippen LogP contribution in [0.4, 0.5) is 0 Å². The Labute approximate surface area is 145 Å². The fourth-order valence-electron chi connectivity index (χ4n) is 2.55. The van der Waals surface area contributed by atoms with E-state index in [1.54, 1.807) is 29.6 Å². The van der Waals surface area contributed by atoms with Gasteiger partial charge in [-0.3, -0.25) is 14.2 Å². The lowest BCUT2D eigenvalue weighted by Gasteiger charge is -2.13. The first-order valence-electron chi connectivity index (χ1n) is 7.21. The molecule has 0 bridgehead atoms. The number of ether oxygens (including phenoxy) is 2. The molecule has 2 heterocycles. The second kappa shape index (κ2) is 6.44. The van der Waals surface area contributed by atoms with Gasteiger partial charge in [0.1, 0.15) is 22.7 Å². The molecule has 8 nitrogen and oxygen atoms in total. The van der Waals surface area contributed by atoms with Crippen molar-refractivity contribution in [2.75, 3.05) is 14.2 Å². The largest absolute Gasteiger partial charge is 0.497 e. The fourth-order valence-corrected chi connectivity index (χ4v) is 3.37. The molecule has 3 rings (SSSR count). The van der Waals surface area contributed by atoms with Crippen molar-refractivity contribution >= 4 is 27.5 Å². The minimum Gasteiger partial charge on any atom is -0.497 e. The van der Waals surface area contributed by atoms with Gasteiger partial charge >= 0.3 is 5.69 Å². The molecule has 0 aliphatic heterocycles. The quantitative estimate of drug-likeness (QED) is 0.721. The fraction of sp³-hybridized carbons (Fsp3) is 0.188. The van der Waals surface area contributed by atoms with Gasteiger partial charge in [-0.2, -0.15) is 0 Å². The third-order valence-electron chi connectivity index (χ3n) is 3.66. The number of hydrogen-bond donors (Lipinski definition) is 1. The second-order valence-electron chi connectivity index (χ2n) is 5.18. The van der Waals surface area contributed by atoms with Gasteiger partial charge in [-0.05, 0) is 11.4 Å². The van der Waals surface area contributed by atoms with E-state index < -0.39 is 17.2 Å². The van der Waals surface area contributed by atoms with Gasteiger partial charge in [0.2, 0.25) is 5.91 Å². The lowest BCUT2D eigenvalue weighted by molar-refractivity contribution is -0.118. The van der Waals surface area contributed by atoms with Crippen molar-refractivity contribution in [2.45, 2.75) is 6.54 Å². The normalized spacial score (nSPS) is 10.8. The highest BCUT2D eigenvalue weighted by atomic mass is 32.1. The summed E-state index contributed by atoms with van der Waals surface area (Å²) < 4.78 is 12.9. The van der Waals surface area contributed by atoms with E-state index >= 15 is 0 Å². The third-order valence-corrected chi connectivity index (χ3v) is 4.55. The first kappa shape index (κ1) is 16.8. The van der Waals surface area contributed by atoms with Gasteiger partial charge in [0.05, 0.1) is 25.4 Å². The first-order valence-corrected chi connectivity index (χ1v) is 8.09. The van der Waals surface area contributed by atoms with Gasteiger partial charge in [0, 0.05) is 18.2 Å². The third kappa shape index (κ3) is 2.89. The molecule has 0 radical (unpaired) electrons. The predicted octanol–water partition coefficient (Wildman–Crippen LogP) is 0.716. The number of primary amides is 1. The van der Waals surface area contributed by atoms with Crippen molar-refractivity contribution in [2.24, 2.45) is 5.73 Å². The molecule has 25 heavy (non-hydrogen) atoms. The van der Waals surface area contributed by atoms with Gasteiger partial charge in [0.25, 0.3) is 5.56 Å². The van der Waals surface area contributed by atoms with Gasteiger partial charge in [0.15, 0.2) is 0 Å². The molecular formula is C16H15N3O5S. The van der Waals surface area contributed by atoms with E-state index in [1.807, 2.05) is 0 Å². The number of carbonyl (C=O) groups is 1. The SMILES string of the molecule is COc1cc(OC)cc(-n2c(=O)c3sccc3n(CC(N)=O)c2=O)c1. The highest BCUT2D eigenvalue weighted by Gasteiger charge is 2.17. The van der Waals surface area contributed by atoms with E-state index in [4.69, 9.17) is 15.2 Å². The van der Waals surface area contributed by atoms with Crippen LogP contribution in [0.5, 0.6) is 11.5 Å². The number of hydrogen-bond acceptors (Lipinski definition) is 6. The van der Waals surface area contributed by atoms with E-state index in [2.05, 4.69) is 0 Å². The molecule has 0 saturated heterocycles. The molecule has 0 fully saturated rings. The number of nitrogens with two attached hydrogens (primary N) is 1. The van der Waals surface area contributed by atoms with Crippen LogP contribution >= 0.6 is 11.3 Å². The summed E-state index contributed by atoms with van der Waals surface area (Å²) in [5.41, 5.74) is 4.76. The smallest absolute Gasteiger partial charge is 0.336 e. The van der Waals surface area contributed by atoms with E-state index in [-0.39, 0.29) is 12.2 Å². The molecule has 130 valence electrons. The van der Waals surface area contributed by atoms with Crippen molar-refractivity contribution in [1.82, 2.24) is 9.13 Å². The maximum Gasteiger partial charge on any atom is 0.336 e. The van der Waals surface area contributed by atoms with Crippen LogP contribution in [0.2, 0.25) is 0 Å². The lowest BCUT2D eigenvalue weighted by atomic mass is 10.2. The Bertz CT molecular complexity index is 1060. The molecule has 3 aromatic rings. The molecule has 2 aromatic heterocycles. The van der Waals surface area contributed by atoms with Crippen molar-refractivity contribution in [3.05, 3.63) is 50.5 Å². The van der Waals surface area contributed by atoms with E-state index in [9.17, 15) is 14.4 Å². The van der Waals surface area contributed by atoms with Gasteiger partial charge in [-0.1, -0.05) is 0 Å². The Kier molecular flexibility index (Phi) is 4.32. The molecular weight excluding hydrogens is 346 g/mol. The summed E-state index contributed by atoms with van der Waals surface area (Å²) in [4.78, 5) is 37.0. The standard InChI is InChI=1S/C16H15N3O5S/c1-23-10-5-9(6-11(7-10)24-2)19-15(21)14-12(3-4-25-14)18(16(19)22)8-13(17)20/h3-7H,8H2,1-2H3,(H2,17,20). The van der Waals surface area contributed by atoms with Crippen LogP contribution in [0.3, 0.4) is 0 Å². The number of rotatable bonds is 5. The van der Waals surface area contributed by atoms with Crippen LogP contribution in [0.15, 0.2) is 39.2 Å². The summed E-state index contributed by atoms with van der Waals surface area (Å²) in [7, 11) is 2.93. The van der Waals surface area contributed by atoms with Crippen LogP contribution in [-0.4, -0.2) is 29.3 Å². The molecule has 2 N–H and O–H groups in total. The molecule has 0 unspecified atom stereocenters. The molecule has 0 aliphatic rings. The molecule has 1 amide bonds. The average Bonchev–Trinajstić information content (AvgIpc) is 3.08. The Morgan fingerprint density at radius 3 is 2.36 bits per heavy atom. The van der Waals surface area contributed by atoms with Crippen LogP contribution in [0.1, 0.15) is 0 Å². The minimum atomic E-state index is -0.678. The molecule has 0 atom stereocenters. The maximum atomic E-state index is 12.9. The van der Waals surface area contributed by atoms with Crippen LogP contribution in [0, 0.1) is 0 Å². The van der Waals surface area contributed by atoms with Crippen molar-refractivity contribution in [3.63, 3.8) is 0 Å². The van der Waals surface area contributed by atoms with Crippen molar-refractivity contribution in [1.29, 1.82) is 0 Å². The number of nitrogens with zero attached hydrogens (tertiary/aromatic N) is 2. The number of carbonyl (C=O) groups excluding carboxylic acids is 1. The topological polar surface area (TPSA) is 106 Å². The molecule has 1 aromatic carbocycles. The summed E-state index contributed by atoms with van der Waals surface area (Å²) in [6.07, 6.45) is 0. The van der Waals surface area contributed by atoms with Crippen LogP contribution in [-0.2, 0) is 11.3 Å². The molecule has 0 spiro atoms. The predicted molar refractivity (Wildman–Crippen MR) is 94.0 cm³/mol. The van der Waals surface area contributed by atoms with Crippen molar-refractivity contribution in [3.8, 4) is 17.2 Å². The van der Waals surface area contributed by atoms with Crippen LogP contribution < -0.4 is 26.5 Å². The number of amides is 1. The zero-order valence-electron chi connectivity index (χ0n) is 13.5. The summed E-state index contributed by atoms with van der Waals surface area (Å²) in [5.74, 6) is 0.171. The summed E-state index contributed by atoms with van der Waals surface area (Å²) in [6.45, 7) is -0.326. The number of benzene rings is 1. The monoisotopic (exact) mass is 361 g/mol. The molecule has 9 heteroatoms. The van der Waals surface area contributed by atoms with Gasteiger partial charge in [-0.25, -0.2) is 9.36 Å². The van der Waals surface area contributed by atoms with Gasteiger partial charge in [-0.15, -0.1) is 11.3 Å². The zero-order chi connectivity index (χ0) is 18.1. The van der Waals surface area contributed by atoms with Crippen molar-refractivity contribution < 1.29 is 14.3 Å². The van der Waals surface area contributed by atoms with Gasteiger partial charge < -0.3 is 15.2 Å². The number of fused-ring (bicyclic) bond motifs is 1. The average molecular weight is 361 g/mol. The number of methoxy groups -OCH3 is 2. The van der Waals surface area contributed by atoms with E-state index in [1.165, 1.54) is 30.1 Å². The number of aromatic nitrogens is 2. The summed E-state index contributed by atoms with van der Waals surface area (Å²) in [6, 6.07) is 6.32. The van der Waals surface area contributed by atoms with E-state index in [0.29, 0.717) is 21.7 Å². The Hall–Kier alpha value is -3.07. The van der Waals surface area contributed by atoms with Crippen LogP contribution in [0.25, 0.3) is 15.9 Å². The highest BCUT2D eigenvalue weighted by molar-refractivity contribution is 7.17. The Balaban J connectivity index is 2.39. The van der Waals surface area contributed by atoms with E-state index in [0.717, 1.165) is 4.57 Å². The minimum absolute atomic E-state index is 0.278. The molecule has 0 saturated carbocycles. The maximum absolute atomic E-state index is 12.9. The molecule has 0 aliphatic carbocycles. The Morgan fingerprint density at radius 1 is 1.16 bits per heavy atom. The lowest BCUT2D eigenvalue weighted by Crippen LogP contribution is -2.40. The second-order valence-corrected chi connectivity index (χ2v) is 6.10. The number of thiophene rings is 1. The summed E-state index contributed by atoms with van der Waals surface area (Å²) in [5, 5.41) is 1.68. The highest BCUT2D eigenvalue weighted by Crippen LogP contribution is 2.24. The first-order chi connectivity index (χ1) is 12.0. The zero-order valence-corrected chi connectivity index (χ0v) is 14.3.